The van der Waals surface area contributed by atoms with E-state index in [9.17, 15) is 0 Å². The van der Waals surface area contributed by atoms with Crippen LogP contribution in [0.3, 0.4) is 0 Å². The first kappa shape index (κ1) is 21.9. The number of rotatable bonds is 5. The maximum absolute atomic E-state index is 7.44. The maximum Gasteiger partial charge on any atom is 0.134 e. The SMILES string of the molecule is Cc1nc2c(C(N)=NC=N)cc(N3CCOCC3)cc2n1-c1cc(-c2cn[nH]c2)nc2ccccc12. The van der Waals surface area contributed by atoms with Crippen LogP contribution in [-0.2, 0) is 4.74 Å². The van der Waals surface area contributed by atoms with Gasteiger partial charge in [0.2, 0.25) is 0 Å². The highest BCUT2D eigenvalue weighted by Gasteiger charge is 2.21. The molecule has 5 aromatic rings. The lowest BCUT2D eigenvalue weighted by Crippen LogP contribution is -2.36. The molecular formula is C26H25N9O. The second-order valence-electron chi connectivity index (χ2n) is 8.63. The molecule has 1 saturated heterocycles. The number of hydrogen-bond donors (Lipinski definition) is 3. The van der Waals surface area contributed by atoms with E-state index >= 15 is 0 Å². The number of morpholine rings is 1. The molecule has 4 heterocycles. The van der Waals surface area contributed by atoms with Crippen LogP contribution in [0.1, 0.15) is 11.4 Å². The van der Waals surface area contributed by atoms with Gasteiger partial charge in [-0.1, -0.05) is 18.2 Å². The lowest BCUT2D eigenvalue weighted by Gasteiger charge is -2.29. The zero-order valence-electron chi connectivity index (χ0n) is 19.8. The molecule has 0 aliphatic carbocycles. The minimum absolute atomic E-state index is 0.258. The second kappa shape index (κ2) is 8.90. The summed E-state index contributed by atoms with van der Waals surface area (Å²) in [5, 5.41) is 15.4. The minimum atomic E-state index is 0.258. The number of nitrogens with zero attached hydrogens (tertiary/aromatic N) is 6. The van der Waals surface area contributed by atoms with Crippen molar-refractivity contribution in [2.75, 3.05) is 31.2 Å². The summed E-state index contributed by atoms with van der Waals surface area (Å²) in [6.45, 7) is 4.87. The van der Waals surface area contributed by atoms with Gasteiger partial charge in [-0.3, -0.25) is 15.1 Å². The van der Waals surface area contributed by atoms with Gasteiger partial charge in [0.15, 0.2) is 0 Å². The Labute approximate surface area is 207 Å². The summed E-state index contributed by atoms with van der Waals surface area (Å²) in [5.74, 6) is 1.07. The number of amidine groups is 1. The number of fused-ring (bicyclic) bond motifs is 2. The average Bonchev–Trinajstić information content (AvgIpc) is 3.56. The van der Waals surface area contributed by atoms with Crippen molar-refractivity contribution in [1.29, 1.82) is 5.41 Å². The third-order valence-corrected chi connectivity index (χ3v) is 6.50. The zero-order valence-corrected chi connectivity index (χ0v) is 19.8. The highest BCUT2D eigenvalue weighted by Crippen LogP contribution is 2.34. The molecule has 0 atom stereocenters. The van der Waals surface area contributed by atoms with Gasteiger partial charge >= 0.3 is 0 Å². The van der Waals surface area contributed by atoms with Crippen molar-refractivity contribution in [3.8, 4) is 16.9 Å². The lowest BCUT2D eigenvalue weighted by molar-refractivity contribution is 0.122. The highest BCUT2D eigenvalue weighted by atomic mass is 16.5. The van der Waals surface area contributed by atoms with E-state index in [-0.39, 0.29) is 5.84 Å². The third-order valence-electron chi connectivity index (χ3n) is 6.50. The number of aromatic amines is 1. The number of pyridine rings is 1. The van der Waals surface area contributed by atoms with Crippen LogP contribution in [0.15, 0.2) is 59.9 Å². The van der Waals surface area contributed by atoms with Gasteiger partial charge in [-0.05, 0) is 31.2 Å². The summed E-state index contributed by atoms with van der Waals surface area (Å²) >= 11 is 0. The van der Waals surface area contributed by atoms with E-state index < -0.39 is 0 Å². The molecule has 3 aromatic heterocycles. The first-order chi connectivity index (χ1) is 17.6. The highest BCUT2D eigenvalue weighted by molar-refractivity contribution is 6.11. The Balaban J connectivity index is 1.66. The molecule has 0 spiro atoms. The number of aryl methyl sites for hydroxylation is 1. The molecule has 6 rings (SSSR count). The Morgan fingerprint density at radius 2 is 2.00 bits per heavy atom. The Kier molecular flexibility index (Phi) is 5.42. The monoisotopic (exact) mass is 479 g/mol. The molecule has 4 N–H and O–H groups in total. The molecule has 0 amide bonds. The number of H-pyrrole nitrogens is 1. The van der Waals surface area contributed by atoms with Crippen molar-refractivity contribution in [3.05, 3.63) is 66.2 Å². The number of hydrogen-bond acceptors (Lipinski definition) is 6. The van der Waals surface area contributed by atoms with Crippen molar-refractivity contribution < 1.29 is 4.74 Å². The van der Waals surface area contributed by atoms with Crippen LogP contribution in [0.5, 0.6) is 0 Å². The molecule has 0 radical (unpaired) electrons. The van der Waals surface area contributed by atoms with Crippen molar-refractivity contribution in [2.45, 2.75) is 6.92 Å². The van der Waals surface area contributed by atoms with Crippen LogP contribution in [0.2, 0.25) is 0 Å². The van der Waals surface area contributed by atoms with Gasteiger partial charge in [0.25, 0.3) is 0 Å². The van der Waals surface area contributed by atoms with Crippen molar-refractivity contribution >= 4 is 39.8 Å². The van der Waals surface area contributed by atoms with E-state index in [0.29, 0.717) is 18.8 Å². The third kappa shape index (κ3) is 3.68. The largest absolute Gasteiger partial charge is 0.383 e. The molecule has 1 aliphatic heterocycles. The van der Waals surface area contributed by atoms with Crippen LogP contribution in [0.4, 0.5) is 5.69 Å². The number of anilines is 1. The standard InChI is InChI=1S/C26H25N9O/c1-16-32-25-20(26(28)29-15-27)10-18(34-6-8-36-9-7-34)11-24(25)35(16)23-12-22(17-13-30-31-14-17)33-21-5-3-2-4-19(21)23/h2-5,10-15H,6-9H2,1H3,(H,30,31)(H3,27,28,29). The molecule has 0 unspecified atom stereocenters. The summed E-state index contributed by atoms with van der Waals surface area (Å²) in [6.07, 6.45) is 4.56. The van der Waals surface area contributed by atoms with Gasteiger partial charge in [0, 0.05) is 41.5 Å². The number of imidazole rings is 1. The molecule has 0 bridgehead atoms. The van der Waals surface area contributed by atoms with E-state index in [0.717, 1.165) is 69.8 Å². The van der Waals surface area contributed by atoms with Gasteiger partial charge in [-0.15, -0.1) is 0 Å². The Hall–Kier alpha value is -4.57. The van der Waals surface area contributed by atoms with Gasteiger partial charge in [0.05, 0.1) is 41.8 Å². The van der Waals surface area contributed by atoms with Crippen molar-refractivity contribution in [2.24, 2.45) is 10.7 Å². The van der Waals surface area contributed by atoms with Crippen LogP contribution in [0.25, 0.3) is 38.9 Å². The Morgan fingerprint density at radius 3 is 2.78 bits per heavy atom. The second-order valence-corrected chi connectivity index (χ2v) is 8.63. The average molecular weight is 480 g/mol. The van der Waals surface area contributed by atoms with Crippen LogP contribution < -0.4 is 10.6 Å². The minimum Gasteiger partial charge on any atom is -0.383 e. The quantitative estimate of drug-likeness (QED) is 0.261. The first-order valence-corrected chi connectivity index (χ1v) is 11.7. The number of nitrogens with two attached hydrogens (primary N) is 1. The van der Waals surface area contributed by atoms with E-state index in [1.54, 1.807) is 6.20 Å². The number of aromatic nitrogens is 5. The smallest absolute Gasteiger partial charge is 0.134 e. The molecule has 10 heteroatoms. The summed E-state index contributed by atoms with van der Waals surface area (Å²) in [6, 6.07) is 14.3. The van der Waals surface area contributed by atoms with Crippen LogP contribution >= 0.6 is 0 Å². The van der Waals surface area contributed by atoms with E-state index in [2.05, 4.69) is 42.9 Å². The summed E-state index contributed by atoms with van der Waals surface area (Å²) in [4.78, 5) is 16.1. The normalized spacial score (nSPS) is 14.6. The summed E-state index contributed by atoms with van der Waals surface area (Å²) in [7, 11) is 0. The molecule has 1 fully saturated rings. The molecule has 10 nitrogen and oxygen atoms in total. The van der Waals surface area contributed by atoms with Gasteiger partial charge in [0.1, 0.15) is 23.5 Å². The molecular weight excluding hydrogens is 454 g/mol. The van der Waals surface area contributed by atoms with Crippen molar-refractivity contribution in [3.63, 3.8) is 0 Å². The Bertz CT molecular complexity index is 1610. The van der Waals surface area contributed by atoms with Gasteiger partial charge in [-0.2, -0.15) is 5.10 Å². The zero-order chi connectivity index (χ0) is 24.6. The van der Waals surface area contributed by atoms with Crippen LogP contribution in [0, 0.1) is 12.3 Å². The summed E-state index contributed by atoms with van der Waals surface area (Å²) < 4.78 is 7.71. The lowest BCUT2D eigenvalue weighted by atomic mass is 10.1. The molecule has 2 aromatic carbocycles. The topological polar surface area (TPSA) is 134 Å². The number of para-hydroxylation sites is 1. The predicted octanol–water partition coefficient (Wildman–Crippen LogP) is 3.42. The molecule has 0 saturated carbocycles. The number of aliphatic imine (C=N–C) groups is 1. The fourth-order valence-corrected chi connectivity index (χ4v) is 4.80. The maximum atomic E-state index is 7.44. The van der Waals surface area contributed by atoms with Crippen molar-refractivity contribution in [1.82, 2.24) is 24.7 Å². The fourth-order valence-electron chi connectivity index (χ4n) is 4.80. The van der Waals surface area contributed by atoms with E-state index in [4.69, 9.17) is 25.8 Å². The fraction of sp³-hybridized carbons (Fsp3) is 0.192. The number of nitrogens with one attached hydrogen (secondary N) is 2. The van der Waals surface area contributed by atoms with Crippen LogP contribution in [-0.4, -0.2) is 63.2 Å². The predicted molar refractivity (Wildman–Crippen MR) is 141 cm³/mol. The van der Waals surface area contributed by atoms with Gasteiger partial charge < -0.3 is 15.4 Å². The first-order valence-electron chi connectivity index (χ1n) is 11.7. The summed E-state index contributed by atoms with van der Waals surface area (Å²) in [5.41, 5.74) is 13.2. The molecule has 1 aliphatic rings. The van der Waals surface area contributed by atoms with E-state index in [1.165, 1.54) is 0 Å². The van der Waals surface area contributed by atoms with Gasteiger partial charge in [-0.25, -0.2) is 15.0 Å². The Morgan fingerprint density at radius 1 is 1.17 bits per heavy atom. The van der Waals surface area contributed by atoms with E-state index in [1.807, 2.05) is 37.4 Å². The molecule has 36 heavy (non-hydrogen) atoms. The number of ether oxygens (including phenoxy) is 1. The number of benzene rings is 2. The molecule has 180 valence electrons.